The van der Waals surface area contributed by atoms with Gasteiger partial charge in [0.2, 0.25) is 11.7 Å². The van der Waals surface area contributed by atoms with Crippen molar-refractivity contribution in [2.45, 2.75) is 85.3 Å². The first-order valence-electron chi connectivity index (χ1n) is 15.5. The van der Waals surface area contributed by atoms with Gasteiger partial charge in [0.1, 0.15) is 18.2 Å². The van der Waals surface area contributed by atoms with Gasteiger partial charge in [0, 0.05) is 35.4 Å². The molecule has 0 saturated heterocycles. The second kappa shape index (κ2) is 16.4. The average Bonchev–Trinajstić information content (AvgIpc) is 3.39. The van der Waals surface area contributed by atoms with E-state index in [4.69, 9.17) is 18.7 Å². The zero-order chi connectivity index (χ0) is 33.2. The van der Waals surface area contributed by atoms with Crippen LogP contribution in [0.2, 0.25) is 0 Å². The van der Waals surface area contributed by atoms with Crippen LogP contribution in [0.4, 0.5) is 5.82 Å². The van der Waals surface area contributed by atoms with Gasteiger partial charge in [-0.2, -0.15) is 4.98 Å². The molecular formula is C34H42N4O7S. The second-order valence-corrected chi connectivity index (χ2v) is 12.0. The van der Waals surface area contributed by atoms with Gasteiger partial charge < -0.3 is 18.7 Å². The van der Waals surface area contributed by atoms with Crippen LogP contribution in [0.25, 0.3) is 11.1 Å². The number of rotatable bonds is 16. The van der Waals surface area contributed by atoms with Crippen molar-refractivity contribution in [2.75, 3.05) is 17.7 Å². The van der Waals surface area contributed by atoms with Gasteiger partial charge in [-0.15, -0.1) is 4.47 Å². The summed E-state index contributed by atoms with van der Waals surface area (Å²) in [6, 6.07) is 13.0. The zero-order valence-electron chi connectivity index (χ0n) is 27.3. The molecule has 1 unspecified atom stereocenters. The Kier molecular flexibility index (Phi) is 12.4. The summed E-state index contributed by atoms with van der Waals surface area (Å²) in [5, 5.41) is 14.7. The first-order valence-corrected chi connectivity index (χ1v) is 16.6. The molecule has 0 amide bonds. The van der Waals surface area contributed by atoms with Crippen LogP contribution in [-0.2, 0) is 51.3 Å². The van der Waals surface area contributed by atoms with Gasteiger partial charge in [-0.1, -0.05) is 48.8 Å². The number of unbranched alkanes of at least 4 members (excludes halogenated alkanes) is 1. The molecule has 0 aliphatic rings. The molecule has 1 atom stereocenters. The first-order chi connectivity index (χ1) is 22.2. The summed E-state index contributed by atoms with van der Waals surface area (Å²) in [6.45, 7) is 12.4. The molecule has 2 aromatic heterocycles. The third-order valence-corrected chi connectivity index (χ3v) is 8.67. The Morgan fingerprint density at radius 1 is 1.00 bits per heavy atom. The molecular weight excluding hydrogens is 608 g/mol. The topological polar surface area (TPSA) is 137 Å². The Bertz CT molecular complexity index is 1670. The quantitative estimate of drug-likeness (QED) is 0.105. The number of esters is 1. The number of benzene rings is 2. The van der Waals surface area contributed by atoms with Crippen LogP contribution < -0.4 is 9.21 Å². The molecule has 246 valence electrons. The maximum atomic E-state index is 13.6. The highest BCUT2D eigenvalue weighted by atomic mass is 32.2. The summed E-state index contributed by atoms with van der Waals surface area (Å²) in [6.07, 6.45) is 2.67. The molecule has 4 aromatic rings. The Morgan fingerprint density at radius 3 is 2.48 bits per heavy atom. The minimum absolute atomic E-state index is 0.0147. The Balaban J connectivity index is 1.66. The van der Waals surface area contributed by atoms with Crippen LogP contribution in [0, 0.1) is 20.8 Å². The fraction of sp³-hybridized carbons (Fsp3) is 0.412. The first kappa shape index (κ1) is 34.7. The SMILES string of the molecule is CCCCc1nc(C)c(CC(=O)OCC)c(OCc2ccc(-c3ccccc3S(=O)N(O)c3noc(C)c3C)c(COCC)c2)n1. The molecule has 11 nitrogen and oxygen atoms in total. The van der Waals surface area contributed by atoms with Crippen LogP contribution in [-0.4, -0.2) is 43.7 Å². The minimum atomic E-state index is -2.00. The van der Waals surface area contributed by atoms with Crippen LogP contribution in [0.3, 0.4) is 0 Å². The number of carbonyl (C=O) groups excluding carboxylic acids is 1. The van der Waals surface area contributed by atoms with Crippen molar-refractivity contribution >= 4 is 22.8 Å². The third kappa shape index (κ3) is 8.36. The van der Waals surface area contributed by atoms with Gasteiger partial charge in [0.15, 0.2) is 11.0 Å². The van der Waals surface area contributed by atoms with E-state index in [9.17, 15) is 14.2 Å². The number of aromatic nitrogens is 3. The molecule has 12 heteroatoms. The van der Waals surface area contributed by atoms with Gasteiger partial charge in [-0.05, 0) is 69.9 Å². The van der Waals surface area contributed by atoms with E-state index < -0.39 is 11.0 Å². The minimum Gasteiger partial charge on any atom is -0.472 e. The summed E-state index contributed by atoms with van der Waals surface area (Å²) in [5.74, 6) is 1.29. The van der Waals surface area contributed by atoms with Gasteiger partial charge in [-0.25, -0.2) is 9.19 Å². The number of hydrogen-bond donors (Lipinski definition) is 1. The van der Waals surface area contributed by atoms with E-state index >= 15 is 0 Å². The molecule has 0 aliphatic heterocycles. The summed E-state index contributed by atoms with van der Waals surface area (Å²) >= 11 is 0. The number of aryl methyl sites for hydroxylation is 3. The van der Waals surface area contributed by atoms with E-state index in [-0.39, 0.29) is 31.4 Å². The zero-order valence-corrected chi connectivity index (χ0v) is 28.1. The summed E-state index contributed by atoms with van der Waals surface area (Å²) in [4.78, 5) is 22.1. The van der Waals surface area contributed by atoms with E-state index in [1.54, 1.807) is 32.9 Å². The summed E-state index contributed by atoms with van der Waals surface area (Å²) in [5.41, 5.74) is 5.05. The van der Waals surface area contributed by atoms with Crippen molar-refractivity contribution in [3.63, 3.8) is 0 Å². The Labute approximate surface area is 272 Å². The maximum Gasteiger partial charge on any atom is 0.310 e. The lowest BCUT2D eigenvalue weighted by Crippen LogP contribution is -2.23. The Hall–Kier alpha value is -4.13. The van der Waals surface area contributed by atoms with Gasteiger partial charge in [0.05, 0.1) is 24.5 Å². The molecule has 0 spiro atoms. The number of hydrogen-bond acceptors (Lipinski definition) is 10. The number of anilines is 1. The lowest BCUT2D eigenvalue weighted by molar-refractivity contribution is -0.142. The van der Waals surface area contributed by atoms with E-state index in [1.165, 1.54) is 0 Å². The number of nitrogens with zero attached hydrogens (tertiary/aromatic N) is 4. The van der Waals surface area contributed by atoms with Crippen molar-refractivity contribution < 1.29 is 32.9 Å². The molecule has 46 heavy (non-hydrogen) atoms. The molecule has 0 bridgehead atoms. The average molecular weight is 651 g/mol. The predicted molar refractivity (Wildman–Crippen MR) is 174 cm³/mol. The third-order valence-electron chi connectivity index (χ3n) is 7.45. The van der Waals surface area contributed by atoms with E-state index in [1.807, 2.05) is 44.2 Å². The molecule has 2 aromatic carbocycles. The highest BCUT2D eigenvalue weighted by Gasteiger charge is 2.24. The smallest absolute Gasteiger partial charge is 0.310 e. The van der Waals surface area contributed by atoms with Gasteiger partial charge >= 0.3 is 5.97 Å². The molecule has 2 heterocycles. The van der Waals surface area contributed by atoms with Crippen LogP contribution in [0.1, 0.15) is 73.1 Å². The monoisotopic (exact) mass is 650 g/mol. The van der Waals surface area contributed by atoms with Gasteiger partial charge in [-0.3, -0.25) is 10.0 Å². The lowest BCUT2D eigenvalue weighted by atomic mass is 9.98. The largest absolute Gasteiger partial charge is 0.472 e. The predicted octanol–water partition coefficient (Wildman–Crippen LogP) is 6.54. The van der Waals surface area contributed by atoms with Crippen LogP contribution in [0.15, 0.2) is 51.9 Å². The lowest BCUT2D eigenvalue weighted by Gasteiger charge is -2.19. The number of ether oxygens (including phenoxy) is 3. The van der Waals surface area contributed by atoms with Gasteiger partial charge in [0.25, 0.3) is 0 Å². The number of carbonyl (C=O) groups is 1. The molecule has 1 N–H and O–H groups in total. The van der Waals surface area contributed by atoms with Crippen LogP contribution >= 0.6 is 0 Å². The van der Waals surface area contributed by atoms with E-state index in [2.05, 4.69) is 22.0 Å². The molecule has 0 aliphatic carbocycles. The van der Waals surface area contributed by atoms with Crippen molar-refractivity contribution in [2.24, 2.45) is 0 Å². The normalized spacial score (nSPS) is 11.8. The van der Waals surface area contributed by atoms with Crippen molar-refractivity contribution in [3.8, 4) is 17.0 Å². The van der Waals surface area contributed by atoms with Crippen molar-refractivity contribution in [1.82, 2.24) is 15.1 Å². The van der Waals surface area contributed by atoms with Crippen molar-refractivity contribution in [1.29, 1.82) is 0 Å². The summed E-state index contributed by atoms with van der Waals surface area (Å²) in [7, 11) is -2.00. The standard InChI is InChI=1S/C34H42N4O7S/c1-7-10-15-31-35-23(5)29(19-32(39)43-9-3)34(36-31)44-20-25-16-17-27(26(18-25)21-42-8-2)28-13-11-12-14-30(28)46(41)38(40)33-22(4)24(6)45-37-33/h11-14,16-18,40H,7-10,15,19-21H2,1-6H3. The highest BCUT2D eigenvalue weighted by molar-refractivity contribution is 7.86. The molecule has 0 radical (unpaired) electrons. The summed E-state index contributed by atoms with van der Waals surface area (Å²) < 4.78 is 36.7. The van der Waals surface area contributed by atoms with Crippen molar-refractivity contribution in [3.05, 3.63) is 82.0 Å². The Morgan fingerprint density at radius 2 is 1.78 bits per heavy atom. The fourth-order valence-electron chi connectivity index (χ4n) is 4.83. The van der Waals surface area contributed by atoms with Crippen LogP contribution in [0.5, 0.6) is 5.88 Å². The highest BCUT2D eigenvalue weighted by Crippen LogP contribution is 2.33. The fourth-order valence-corrected chi connectivity index (χ4v) is 5.91. The molecule has 0 fully saturated rings. The van der Waals surface area contributed by atoms with E-state index in [0.29, 0.717) is 68.8 Å². The second-order valence-electron chi connectivity index (χ2n) is 10.7. The maximum absolute atomic E-state index is 13.6. The molecule has 4 rings (SSSR count). The van der Waals surface area contributed by atoms with E-state index in [0.717, 1.165) is 29.5 Å². The molecule has 0 saturated carbocycles.